The number of piperazine rings is 1. The van der Waals surface area contributed by atoms with Crippen LogP contribution in [0.5, 0.6) is 0 Å². The molecule has 18 heavy (non-hydrogen) atoms. The molecule has 0 aliphatic carbocycles. The second-order valence-electron chi connectivity index (χ2n) is 4.79. The Morgan fingerprint density at radius 1 is 1.28 bits per heavy atom. The van der Waals surface area contributed by atoms with E-state index in [0.29, 0.717) is 5.56 Å². The van der Waals surface area contributed by atoms with E-state index in [4.69, 9.17) is 0 Å². The van der Waals surface area contributed by atoms with Gasteiger partial charge >= 0.3 is 5.97 Å². The van der Waals surface area contributed by atoms with Crippen LogP contribution in [0.25, 0.3) is 0 Å². The number of carboxylic acids is 1. The van der Waals surface area contributed by atoms with Crippen LogP contribution in [-0.4, -0.2) is 49.2 Å². The summed E-state index contributed by atoms with van der Waals surface area (Å²) in [5.74, 6) is -0.831. The summed E-state index contributed by atoms with van der Waals surface area (Å²) in [4.78, 5) is 15.8. The van der Waals surface area contributed by atoms with Crippen LogP contribution in [0.2, 0.25) is 0 Å². The number of carboxylic acid groups (broad SMARTS) is 1. The number of likely N-dealkylation sites (N-methyl/N-ethyl adjacent to an activating group) is 1. The molecule has 1 aliphatic heterocycles. The third kappa shape index (κ3) is 2.64. The summed E-state index contributed by atoms with van der Waals surface area (Å²) in [6, 6.07) is 5.79. The lowest BCUT2D eigenvalue weighted by Gasteiger charge is -2.34. The highest BCUT2D eigenvalue weighted by atomic mass is 16.4. The van der Waals surface area contributed by atoms with Crippen molar-refractivity contribution >= 4 is 11.7 Å². The molecule has 0 radical (unpaired) electrons. The molecule has 2 rings (SSSR count). The minimum atomic E-state index is -0.831. The van der Waals surface area contributed by atoms with Gasteiger partial charge in [0.05, 0.1) is 5.56 Å². The Balaban J connectivity index is 2.24. The smallest absolute Gasteiger partial charge is 0.336 e. The number of nitrogens with zero attached hydrogens (tertiary/aromatic N) is 2. The molecule has 1 aromatic carbocycles. The number of hydrogen-bond donors (Lipinski definition) is 1. The predicted octanol–water partition coefficient (Wildman–Crippen LogP) is 1.70. The molecule has 4 heteroatoms. The fourth-order valence-corrected chi connectivity index (χ4v) is 2.33. The van der Waals surface area contributed by atoms with E-state index < -0.39 is 5.97 Å². The molecule has 0 unspecified atom stereocenters. The highest BCUT2D eigenvalue weighted by Gasteiger charge is 2.17. The predicted molar refractivity (Wildman–Crippen MR) is 72.5 cm³/mol. The van der Waals surface area contributed by atoms with E-state index in [1.165, 1.54) is 0 Å². The van der Waals surface area contributed by atoms with Crippen LogP contribution in [-0.2, 0) is 6.42 Å². The molecule has 1 aliphatic rings. The Labute approximate surface area is 108 Å². The molecule has 98 valence electrons. The molecule has 1 N–H and O–H groups in total. The summed E-state index contributed by atoms with van der Waals surface area (Å²) in [6.45, 7) is 5.95. The van der Waals surface area contributed by atoms with Crippen LogP contribution in [0.1, 0.15) is 22.8 Å². The van der Waals surface area contributed by atoms with Crippen molar-refractivity contribution < 1.29 is 9.90 Å². The molecule has 1 heterocycles. The van der Waals surface area contributed by atoms with Gasteiger partial charge in [0.15, 0.2) is 0 Å². The summed E-state index contributed by atoms with van der Waals surface area (Å²) in [7, 11) is 2.11. The molecule has 0 saturated carbocycles. The van der Waals surface area contributed by atoms with Crippen molar-refractivity contribution in [2.24, 2.45) is 0 Å². The fourth-order valence-electron chi connectivity index (χ4n) is 2.33. The van der Waals surface area contributed by atoms with Gasteiger partial charge in [-0.05, 0) is 31.2 Å². The van der Waals surface area contributed by atoms with E-state index in [1.54, 1.807) is 0 Å². The zero-order valence-electron chi connectivity index (χ0n) is 11.0. The summed E-state index contributed by atoms with van der Waals surface area (Å²) in [5.41, 5.74) is 2.37. The third-order valence-electron chi connectivity index (χ3n) is 3.57. The molecule has 1 aromatic rings. The van der Waals surface area contributed by atoms with Crippen molar-refractivity contribution in [3.05, 3.63) is 29.3 Å². The minimum Gasteiger partial charge on any atom is -0.478 e. The Morgan fingerprint density at radius 3 is 2.50 bits per heavy atom. The first-order valence-electron chi connectivity index (χ1n) is 6.41. The van der Waals surface area contributed by atoms with E-state index >= 15 is 0 Å². The molecule has 0 amide bonds. The van der Waals surface area contributed by atoms with Gasteiger partial charge in [0.25, 0.3) is 0 Å². The summed E-state index contributed by atoms with van der Waals surface area (Å²) < 4.78 is 0. The Hall–Kier alpha value is -1.55. The fraction of sp³-hybridized carbons (Fsp3) is 0.500. The number of hydrogen-bond acceptors (Lipinski definition) is 3. The van der Waals surface area contributed by atoms with Gasteiger partial charge in [-0.1, -0.05) is 13.0 Å². The monoisotopic (exact) mass is 248 g/mol. The lowest BCUT2D eigenvalue weighted by molar-refractivity contribution is 0.0696. The molecule has 0 spiro atoms. The zero-order chi connectivity index (χ0) is 13.1. The maximum absolute atomic E-state index is 11.2. The van der Waals surface area contributed by atoms with Gasteiger partial charge < -0.3 is 14.9 Å². The van der Waals surface area contributed by atoms with Gasteiger partial charge in [-0.15, -0.1) is 0 Å². The number of aryl methyl sites for hydroxylation is 1. The first-order valence-corrected chi connectivity index (χ1v) is 6.41. The number of aromatic carboxylic acids is 1. The van der Waals surface area contributed by atoms with E-state index in [9.17, 15) is 9.90 Å². The Morgan fingerprint density at radius 2 is 1.94 bits per heavy atom. The van der Waals surface area contributed by atoms with Crippen LogP contribution in [0.15, 0.2) is 18.2 Å². The van der Waals surface area contributed by atoms with Gasteiger partial charge in [0.1, 0.15) is 0 Å². The second-order valence-corrected chi connectivity index (χ2v) is 4.79. The molecule has 0 atom stereocenters. The number of carbonyl (C=O) groups is 1. The topological polar surface area (TPSA) is 43.8 Å². The van der Waals surface area contributed by atoms with Crippen molar-refractivity contribution in [1.82, 2.24) is 4.90 Å². The molecular weight excluding hydrogens is 228 g/mol. The normalized spacial score (nSPS) is 16.9. The van der Waals surface area contributed by atoms with Gasteiger partial charge in [0, 0.05) is 31.9 Å². The summed E-state index contributed by atoms with van der Waals surface area (Å²) in [6.07, 6.45) is 0.755. The van der Waals surface area contributed by atoms with E-state index in [2.05, 4.69) is 16.8 Å². The highest BCUT2D eigenvalue weighted by molar-refractivity contribution is 5.90. The van der Waals surface area contributed by atoms with Crippen LogP contribution >= 0.6 is 0 Å². The van der Waals surface area contributed by atoms with E-state index in [-0.39, 0.29) is 0 Å². The minimum absolute atomic E-state index is 0.439. The molecule has 1 saturated heterocycles. The van der Waals surface area contributed by atoms with Gasteiger partial charge in [-0.3, -0.25) is 0 Å². The number of benzene rings is 1. The lowest BCUT2D eigenvalue weighted by atomic mass is 10.0. The second kappa shape index (κ2) is 5.40. The molecule has 0 bridgehead atoms. The standard InChI is InChI=1S/C14H20N2O2/c1-3-11-4-5-12(10-13(11)14(17)18)16-8-6-15(2)7-9-16/h4-5,10H,3,6-9H2,1-2H3,(H,17,18). The van der Waals surface area contributed by atoms with Crippen molar-refractivity contribution in [2.45, 2.75) is 13.3 Å². The first kappa shape index (κ1) is 12.9. The quantitative estimate of drug-likeness (QED) is 0.884. The first-order chi connectivity index (χ1) is 8.61. The van der Waals surface area contributed by atoms with Crippen LogP contribution in [0, 0.1) is 0 Å². The average molecular weight is 248 g/mol. The van der Waals surface area contributed by atoms with Crippen molar-refractivity contribution in [1.29, 1.82) is 0 Å². The highest BCUT2D eigenvalue weighted by Crippen LogP contribution is 2.21. The number of anilines is 1. The molecule has 0 aromatic heterocycles. The van der Waals surface area contributed by atoms with Crippen molar-refractivity contribution in [2.75, 3.05) is 38.1 Å². The summed E-state index contributed by atoms with van der Waals surface area (Å²) in [5, 5.41) is 9.23. The summed E-state index contributed by atoms with van der Waals surface area (Å²) >= 11 is 0. The van der Waals surface area contributed by atoms with Gasteiger partial charge in [-0.25, -0.2) is 4.79 Å². The van der Waals surface area contributed by atoms with Crippen LogP contribution in [0.3, 0.4) is 0 Å². The Kier molecular flexibility index (Phi) is 3.87. The van der Waals surface area contributed by atoms with Crippen molar-refractivity contribution in [3.63, 3.8) is 0 Å². The number of rotatable bonds is 3. The Bertz CT molecular complexity index is 437. The molecule has 4 nitrogen and oxygen atoms in total. The van der Waals surface area contributed by atoms with E-state index in [0.717, 1.165) is 43.9 Å². The SMILES string of the molecule is CCc1ccc(N2CCN(C)CC2)cc1C(=O)O. The molecular formula is C14H20N2O2. The molecule has 1 fully saturated rings. The lowest BCUT2D eigenvalue weighted by Crippen LogP contribution is -2.44. The zero-order valence-corrected chi connectivity index (χ0v) is 11.0. The van der Waals surface area contributed by atoms with Crippen LogP contribution < -0.4 is 4.90 Å². The van der Waals surface area contributed by atoms with E-state index in [1.807, 2.05) is 25.1 Å². The average Bonchev–Trinajstić information content (AvgIpc) is 2.39. The third-order valence-corrected chi connectivity index (χ3v) is 3.57. The maximum Gasteiger partial charge on any atom is 0.336 e. The van der Waals surface area contributed by atoms with Gasteiger partial charge in [0.2, 0.25) is 0 Å². The van der Waals surface area contributed by atoms with Crippen molar-refractivity contribution in [3.8, 4) is 0 Å². The van der Waals surface area contributed by atoms with Crippen LogP contribution in [0.4, 0.5) is 5.69 Å². The van der Waals surface area contributed by atoms with Gasteiger partial charge in [-0.2, -0.15) is 0 Å². The maximum atomic E-state index is 11.2. The largest absolute Gasteiger partial charge is 0.478 e.